The summed E-state index contributed by atoms with van der Waals surface area (Å²) in [5, 5.41) is 5.71. The number of aromatic nitrogens is 3. The number of piperidine rings is 1. The zero-order valence-corrected chi connectivity index (χ0v) is 25.8. The Balaban J connectivity index is 1.32. The Kier molecular flexibility index (Phi) is 9.77. The van der Waals surface area contributed by atoms with E-state index in [0.29, 0.717) is 34.1 Å². The molecule has 2 amide bonds. The number of ether oxygens (including phenoxy) is 1. The van der Waals surface area contributed by atoms with Crippen molar-refractivity contribution in [2.75, 3.05) is 25.5 Å². The molecule has 1 aromatic carbocycles. The zero-order valence-electron chi connectivity index (χ0n) is 25.8. The molecule has 0 unspecified atom stereocenters. The van der Waals surface area contributed by atoms with Crippen molar-refractivity contribution >= 4 is 30.4 Å². The van der Waals surface area contributed by atoms with Gasteiger partial charge in [0.05, 0.1) is 5.69 Å². The molecule has 5 rings (SSSR count). The molecule has 46 heavy (non-hydrogen) atoms. The molecule has 0 radical (unpaired) electrons. The Bertz CT molecular complexity index is 1860. The van der Waals surface area contributed by atoms with E-state index in [2.05, 4.69) is 44.3 Å². The fourth-order valence-electron chi connectivity index (χ4n) is 5.05. The standard InChI is InChI=1S/C34H34FN7O4/c1-21-27(20-28(36-3)33(44)39-24-14-18-41(4)19-15-24)30(13-16-37-21)46-29-11-12-31(38-22(29)2)40-32(43)26-6-5-17-42(34(26)45)25-9-7-23(35)8-10-25/h5-13,16-17,20,24H,3,14-15,18-19H2,1-2,4H3,(H,39,44)(H,38,40,43)/b28-20-. The van der Waals surface area contributed by atoms with Crippen LogP contribution in [-0.4, -0.2) is 64.1 Å². The van der Waals surface area contributed by atoms with Gasteiger partial charge in [0.15, 0.2) is 0 Å². The third-order valence-corrected chi connectivity index (χ3v) is 7.68. The van der Waals surface area contributed by atoms with Gasteiger partial charge in [0.1, 0.15) is 34.4 Å². The molecule has 11 nitrogen and oxygen atoms in total. The second kappa shape index (κ2) is 14.1. The fraction of sp³-hybridized carbons (Fsp3) is 0.235. The number of amides is 2. The van der Waals surface area contributed by atoms with Crippen LogP contribution in [0.1, 0.15) is 40.2 Å². The second-order valence-electron chi connectivity index (χ2n) is 11.0. The lowest BCUT2D eigenvalue weighted by Gasteiger charge is -2.29. The lowest BCUT2D eigenvalue weighted by Crippen LogP contribution is -2.43. The van der Waals surface area contributed by atoms with Crippen LogP contribution in [0.2, 0.25) is 0 Å². The molecule has 0 bridgehead atoms. The van der Waals surface area contributed by atoms with E-state index in [0.717, 1.165) is 25.9 Å². The third kappa shape index (κ3) is 7.41. The summed E-state index contributed by atoms with van der Waals surface area (Å²) in [6.07, 6.45) is 6.41. The number of nitrogens with zero attached hydrogens (tertiary/aromatic N) is 5. The highest BCUT2D eigenvalue weighted by atomic mass is 19.1. The molecule has 0 saturated carbocycles. The molecule has 0 atom stereocenters. The number of rotatable bonds is 9. The first-order chi connectivity index (χ1) is 22.1. The molecule has 1 aliphatic heterocycles. The van der Waals surface area contributed by atoms with Crippen molar-refractivity contribution in [1.29, 1.82) is 0 Å². The van der Waals surface area contributed by atoms with Crippen molar-refractivity contribution in [1.82, 2.24) is 24.8 Å². The van der Waals surface area contributed by atoms with Crippen LogP contribution in [0.3, 0.4) is 0 Å². The SMILES string of the molecule is C=N/C(=C\c1c(Oc2ccc(NC(=O)c3cccn(-c4ccc(F)cc4)c3=O)nc2C)ccnc1C)C(=O)NC1CCN(C)CC1. The number of likely N-dealkylation sites (tertiary alicyclic amines) is 1. The van der Waals surface area contributed by atoms with E-state index < -0.39 is 17.3 Å². The minimum Gasteiger partial charge on any atom is -0.455 e. The number of halogens is 1. The topological polar surface area (TPSA) is 131 Å². The quantitative estimate of drug-likeness (QED) is 0.205. The van der Waals surface area contributed by atoms with Crippen LogP contribution in [0.15, 0.2) is 82.5 Å². The van der Waals surface area contributed by atoms with E-state index in [4.69, 9.17) is 4.74 Å². The van der Waals surface area contributed by atoms with Crippen LogP contribution >= 0.6 is 0 Å². The molecular formula is C34H34FN7O4. The summed E-state index contributed by atoms with van der Waals surface area (Å²) in [4.78, 5) is 54.2. The third-order valence-electron chi connectivity index (χ3n) is 7.68. The van der Waals surface area contributed by atoms with Gasteiger partial charge in [-0.25, -0.2) is 9.37 Å². The molecule has 0 aliphatic carbocycles. The molecule has 2 N–H and O–H groups in total. The van der Waals surface area contributed by atoms with E-state index in [1.807, 2.05) is 0 Å². The fourth-order valence-corrected chi connectivity index (χ4v) is 5.05. The highest BCUT2D eigenvalue weighted by Crippen LogP contribution is 2.31. The van der Waals surface area contributed by atoms with Crippen molar-refractivity contribution in [2.45, 2.75) is 32.7 Å². The number of anilines is 1. The molecule has 4 aromatic rings. The largest absolute Gasteiger partial charge is 0.455 e. The van der Waals surface area contributed by atoms with E-state index >= 15 is 0 Å². The van der Waals surface area contributed by atoms with Gasteiger partial charge in [0.2, 0.25) is 0 Å². The molecule has 4 heterocycles. The Morgan fingerprint density at radius 3 is 2.48 bits per heavy atom. The van der Waals surface area contributed by atoms with Gasteiger partial charge < -0.3 is 20.3 Å². The van der Waals surface area contributed by atoms with Gasteiger partial charge >= 0.3 is 0 Å². The van der Waals surface area contributed by atoms with Crippen molar-refractivity contribution in [3.05, 3.63) is 111 Å². The molecule has 1 saturated heterocycles. The molecule has 236 valence electrons. The van der Waals surface area contributed by atoms with E-state index in [-0.39, 0.29) is 29.0 Å². The van der Waals surface area contributed by atoms with Crippen LogP contribution in [0, 0.1) is 19.7 Å². The Hall–Kier alpha value is -5.49. The number of nitrogens with one attached hydrogen (secondary N) is 2. The highest BCUT2D eigenvalue weighted by molar-refractivity contribution is 6.03. The van der Waals surface area contributed by atoms with Gasteiger partial charge in [-0.2, -0.15) is 0 Å². The average molecular weight is 624 g/mol. The minimum atomic E-state index is -0.651. The Morgan fingerprint density at radius 2 is 1.78 bits per heavy atom. The minimum absolute atomic E-state index is 0.0602. The van der Waals surface area contributed by atoms with Crippen molar-refractivity contribution in [3.63, 3.8) is 0 Å². The first-order valence-corrected chi connectivity index (χ1v) is 14.7. The summed E-state index contributed by atoms with van der Waals surface area (Å²) in [6, 6.07) is 13.3. The van der Waals surface area contributed by atoms with Crippen molar-refractivity contribution in [2.24, 2.45) is 4.99 Å². The highest BCUT2D eigenvalue weighted by Gasteiger charge is 2.21. The summed E-state index contributed by atoms with van der Waals surface area (Å²) < 4.78 is 20.8. The first-order valence-electron chi connectivity index (χ1n) is 14.7. The number of carbonyl (C=O) groups excluding carboxylic acids is 2. The van der Waals surface area contributed by atoms with Crippen LogP contribution < -0.4 is 20.9 Å². The number of pyridine rings is 3. The number of aliphatic imine (C=N–C) groups is 1. The lowest BCUT2D eigenvalue weighted by molar-refractivity contribution is -0.118. The van der Waals surface area contributed by atoms with E-state index in [1.165, 1.54) is 41.1 Å². The average Bonchev–Trinajstić information content (AvgIpc) is 3.03. The van der Waals surface area contributed by atoms with Gasteiger partial charge in [-0.15, -0.1) is 0 Å². The van der Waals surface area contributed by atoms with Gasteiger partial charge in [-0.05, 0) is 114 Å². The summed E-state index contributed by atoms with van der Waals surface area (Å²) in [5.74, 6) is -0.368. The molecular weight excluding hydrogens is 589 g/mol. The maximum Gasteiger partial charge on any atom is 0.270 e. The summed E-state index contributed by atoms with van der Waals surface area (Å²) in [7, 11) is 2.06. The van der Waals surface area contributed by atoms with Gasteiger partial charge in [0, 0.05) is 35.4 Å². The van der Waals surface area contributed by atoms with Gasteiger partial charge in [-0.3, -0.25) is 28.9 Å². The molecule has 3 aromatic heterocycles. The van der Waals surface area contributed by atoms with E-state index in [1.54, 1.807) is 50.4 Å². The van der Waals surface area contributed by atoms with E-state index in [9.17, 15) is 18.8 Å². The summed E-state index contributed by atoms with van der Waals surface area (Å²) in [6.45, 7) is 8.92. The van der Waals surface area contributed by atoms with Gasteiger partial charge in [-0.1, -0.05) is 0 Å². The van der Waals surface area contributed by atoms with Crippen LogP contribution in [0.4, 0.5) is 10.2 Å². The summed E-state index contributed by atoms with van der Waals surface area (Å²) in [5.41, 5.74) is 1.53. The van der Waals surface area contributed by atoms with Crippen molar-refractivity contribution < 1.29 is 18.7 Å². The number of hydrogen-bond acceptors (Lipinski definition) is 8. The Labute approximate surface area is 265 Å². The number of hydrogen-bond donors (Lipinski definition) is 2. The zero-order chi connectivity index (χ0) is 32.8. The van der Waals surface area contributed by atoms with Crippen LogP contribution in [0.25, 0.3) is 11.8 Å². The van der Waals surface area contributed by atoms with Gasteiger partial charge in [0.25, 0.3) is 17.4 Å². The molecule has 0 spiro atoms. The number of benzene rings is 1. The van der Waals surface area contributed by atoms with Crippen molar-refractivity contribution in [3.8, 4) is 17.2 Å². The predicted octanol–water partition coefficient (Wildman–Crippen LogP) is 4.68. The monoisotopic (exact) mass is 623 g/mol. The maximum atomic E-state index is 13.4. The molecule has 12 heteroatoms. The number of carbonyl (C=O) groups is 2. The normalized spacial score (nSPS) is 14.0. The molecule has 1 aliphatic rings. The number of aryl methyl sites for hydroxylation is 2. The first kappa shape index (κ1) is 31.9. The maximum absolute atomic E-state index is 13.4. The van der Waals surface area contributed by atoms with Crippen LogP contribution in [-0.2, 0) is 4.79 Å². The molecule has 1 fully saturated rings. The lowest BCUT2D eigenvalue weighted by atomic mass is 10.1. The summed E-state index contributed by atoms with van der Waals surface area (Å²) >= 11 is 0. The predicted molar refractivity (Wildman–Crippen MR) is 174 cm³/mol. The second-order valence-corrected chi connectivity index (χ2v) is 11.0. The van der Waals surface area contributed by atoms with Crippen LogP contribution in [0.5, 0.6) is 11.5 Å². The Morgan fingerprint density at radius 1 is 1.04 bits per heavy atom. The smallest absolute Gasteiger partial charge is 0.270 e.